The summed E-state index contributed by atoms with van der Waals surface area (Å²) < 4.78 is 0. The van der Waals surface area contributed by atoms with Gasteiger partial charge in [-0.3, -0.25) is 4.98 Å². The zero-order valence-electron chi connectivity index (χ0n) is 11.0. The molecule has 0 radical (unpaired) electrons. The highest BCUT2D eigenvalue weighted by Gasteiger charge is 2.25. The fourth-order valence-electron chi connectivity index (χ4n) is 2.71. The Morgan fingerprint density at radius 1 is 1.35 bits per heavy atom. The molecule has 0 bridgehead atoms. The van der Waals surface area contributed by atoms with Crippen LogP contribution in [0.1, 0.15) is 51.0 Å². The predicted molar refractivity (Wildman–Crippen MR) is 72.1 cm³/mol. The van der Waals surface area contributed by atoms with Crippen LogP contribution in [0.5, 0.6) is 0 Å². The zero-order chi connectivity index (χ0) is 12.1. The molecule has 1 aromatic rings. The maximum absolute atomic E-state index is 4.10. The van der Waals surface area contributed by atoms with Crippen molar-refractivity contribution in [1.82, 2.24) is 10.3 Å². The monoisotopic (exact) mass is 232 g/mol. The first-order valence-electron chi connectivity index (χ1n) is 6.94. The summed E-state index contributed by atoms with van der Waals surface area (Å²) in [5.41, 5.74) is 1.41. The van der Waals surface area contributed by atoms with Crippen molar-refractivity contribution in [3.05, 3.63) is 30.1 Å². The number of hydrogen-bond acceptors (Lipinski definition) is 2. The third-order valence-electron chi connectivity index (χ3n) is 4.11. The number of aromatic nitrogens is 1. The van der Waals surface area contributed by atoms with Gasteiger partial charge in [0.25, 0.3) is 0 Å². The Bertz CT molecular complexity index is 319. The van der Waals surface area contributed by atoms with Crippen LogP contribution in [-0.2, 0) is 0 Å². The fourth-order valence-corrected chi connectivity index (χ4v) is 2.71. The molecule has 1 fully saturated rings. The van der Waals surface area contributed by atoms with E-state index in [2.05, 4.69) is 36.3 Å². The highest BCUT2D eigenvalue weighted by Crippen LogP contribution is 2.33. The summed E-state index contributed by atoms with van der Waals surface area (Å²) in [4.78, 5) is 4.10. The van der Waals surface area contributed by atoms with Gasteiger partial charge in [-0.2, -0.15) is 0 Å². The summed E-state index contributed by atoms with van der Waals surface area (Å²) in [7, 11) is 0. The van der Waals surface area contributed by atoms with E-state index in [0.29, 0.717) is 12.0 Å². The molecule has 1 aromatic heterocycles. The molecule has 1 saturated carbocycles. The standard InChI is InChI=1S/C15H24N2/c1-3-17-15(11-13-5-4-6-13)12(2)14-7-9-16-10-8-14/h7-10,12-13,15,17H,3-6,11H2,1-2H3. The van der Waals surface area contributed by atoms with E-state index < -0.39 is 0 Å². The van der Waals surface area contributed by atoms with Crippen molar-refractivity contribution < 1.29 is 0 Å². The van der Waals surface area contributed by atoms with Crippen molar-refractivity contribution in [3.8, 4) is 0 Å². The van der Waals surface area contributed by atoms with E-state index >= 15 is 0 Å². The Kier molecular flexibility index (Phi) is 4.55. The van der Waals surface area contributed by atoms with E-state index in [9.17, 15) is 0 Å². The molecule has 2 nitrogen and oxygen atoms in total. The molecule has 2 atom stereocenters. The number of nitrogens with zero attached hydrogens (tertiary/aromatic N) is 1. The Balaban J connectivity index is 1.98. The molecule has 1 aliphatic rings. The minimum absolute atomic E-state index is 0.582. The summed E-state index contributed by atoms with van der Waals surface area (Å²) in [6.07, 6.45) is 9.44. The van der Waals surface area contributed by atoms with Crippen molar-refractivity contribution in [2.24, 2.45) is 5.92 Å². The molecule has 2 heteroatoms. The van der Waals surface area contributed by atoms with Gasteiger partial charge in [0.15, 0.2) is 0 Å². The smallest absolute Gasteiger partial charge is 0.0270 e. The summed E-state index contributed by atoms with van der Waals surface area (Å²) >= 11 is 0. The number of likely N-dealkylation sites (N-methyl/N-ethyl adjacent to an activating group) is 1. The van der Waals surface area contributed by atoms with E-state index in [-0.39, 0.29) is 0 Å². The minimum atomic E-state index is 0.582. The first-order chi connectivity index (χ1) is 8.31. The van der Waals surface area contributed by atoms with Crippen LogP contribution in [-0.4, -0.2) is 17.6 Å². The summed E-state index contributed by atoms with van der Waals surface area (Å²) in [6, 6.07) is 4.92. The van der Waals surface area contributed by atoms with E-state index in [1.807, 2.05) is 12.4 Å². The molecular weight excluding hydrogens is 208 g/mol. The summed E-state index contributed by atoms with van der Waals surface area (Å²) in [6.45, 7) is 5.60. The summed E-state index contributed by atoms with van der Waals surface area (Å²) in [5, 5.41) is 3.66. The van der Waals surface area contributed by atoms with Crippen molar-refractivity contribution in [3.63, 3.8) is 0 Å². The Hall–Kier alpha value is -0.890. The lowest BCUT2D eigenvalue weighted by molar-refractivity contribution is 0.248. The van der Waals surface area contributed by atoms with E-state index in [4.69, 9.17) is 0 Å². The lowest BCUT2D eigenvalue weighted by Crippen LogP contribution is -2.36. The van der Waals surface area contributed by atoms with Crippen LogP contribution in [0.25, 0.3) is 0 Å². The topological polar surface area (TPSA) is 24.9 Å². The number of nitrogens with one attached hydrogen (secondary N) is 1. The van der Waals surface area contributed by atoms with Crippen molar-refractivity contribution in [2.45, 2.75) is 51.5 Å². The second-order valence-corrected chi connectivity index (χ2v) is 5.27. The molecule has 0 aliphatic heterocycles. The van der Waals surface area contributed by atoms with Gasteiger partial charge < -0.3 is 5.32 Å². The largest absolute Gasteiger partial charge is 0.314 e. The Labute approximate surface area is 105 Å². The van der Waals surface area contributed by atoms with Gasteiger partial charge in [-0.15, -0.1) is 0 Å². The second kappa shape index (κ2) is 6.15. The third kappa shape index (κ3) is 3.29. The van der Waals surface area contributed by atoms with Crippen molar-refractivity contribution >= 4 is 0 Å². The van der Waals surface area contributed by atoms with Crippen LogP contribution in [0.15, 0.2) is 24.5 Å². The number of hydrogen-bond donors (Lipinski definition) is 1. The normalized spacial score (nSPS) is 19.6. The first-order valence-corrected chi connectivity index (χ1v) is 6.94. The number of rotatable bonds is 6. The van der Waals surface area contributed by atoms with Gasteiger partial charge in [-0.1, -0.05) is 33.1 Å². The van der Waals surface area contributed by atoms with Gasteiger partial charge in [0, 0.05) is 18.4 Å². The third-order valence-corrected chi connectivity index (χ3v) is 4.11. The Morgan fingerprint density at radius 2 is 2.06 bits per heavy atom. The molecular formula is C15H24N2. The van der Waals surface area contributed by atoms with Gasteiger partial charge in [0.2, 0.25) is 0 Å². The lowest BCUT2D eigenvalue weighted by atomic mass is 9.77. The van der Waals surface area contributed by atoms with Crippen LogP contribution in [0.2, 0.25) is 0 Å². The SMILES string of the molecule is CCNC(CC1CCC1)C(C)c1ccncc1. The molecule has 1 heterocycles. The van der Waals surface area contributed by atoms with Gasteiger partial charge in [-0.25, -0.2) is 0 Å². The van der Waals surface area contributed by atoms with Gasteiger partial charge in [-0.05, 0) is 42.5 Å². The minimum Gasteiger partial charge on any atom is -0.314 e. The average Bonchev–Trinajstić information content (AvgIpc) is 2.32. The number of pyridine rings is 1. The average molecular weight is 232 g/mol. The molecule has 17 heavy (non-hydrogen) atoms. The van der Waals surface area contributed by atoms with Crippen molar-refractivity contribution in [1.29, 1.82) is 0 Å². The Morgan fingerprint density at radius 3 is 2.59 bits per heavy atom. The van der Waals surface area contributed by atoms with Gasteiger partial charge >= 0.3 is 0 Å². The quantitative estimate of drug-likeness (QED) is 0.813. The second-order valence-electron chi connectivity index (χ2n) is 5.27. The van der Waals surface area contributed by atoms with Gasteiger partial charge in [0.05, 0.1) is 0 Å². The molecule has 94 valence electrons. The molecule has 1 N–H and O–H groups in total. The molecule has 2 unspecified atom stereocenters. The van der Waals surface area contributed by atoms with Crippen LogP contribution in [0.4, 0.5) is 0 Å². The predicted octanol–water partition coefficient (Wildman–Crippen LogP) is 3.35. The zero-order valence-corrected chi connectivity index (χ0v) is 11.0. The highest BCUT2D eigenvalue weighted by atomic mass is 14.9. The van der Waals surface area contributed by atoms with Crippen LogP contribution >= 0.6 is 0 Å². The highest BCUT2D eigenvalue weighted by molar-refractivity contribution is 5.17. The van der Waals surface area contributed by atoms with E-state index in [1.165, 1.54) is 31.2 Å². The molecule has 0 aromatic carbocycles. The van der Waals surface area contributed by atoms with Crippen LogP contribution < -0.4 is 5.32 Å². The van der Waals surface area contributed by atoms with Crippen LogP contribution in [0, 0.1) is 5.92 Å². The molecule has 0 spiro atoms. The van der Waals surface area contributed by atoms with Crippen molar-refractivity contribution in [2.75, 3.05) is 6.54 Å². The molecule has 0 saturated heterocycles. The van der Waals surface area contributed by atoms with E-state index in [0.717, 1.165) is 12.5 Å². The first kappa shape index (κ1) is 12.6. The fraction of sp³-hybridized carbons (Fsp3) is 0.667. The van der Waals surface area contributed by atoms with Crippen LogP contribution in [0.3, 0.4) is 0 Å². The molecule has 0 amide bonds. The maximum atomic E-state index is 4.10. The van der Waals surface area contributed by atoms with E-state index in [1.54, 1.807) is 0 Å². The van der Waals surface area contributed by atoms with Gasteiger partial charge in [0.1, 0.15) is 0 Å². The maximum Gasteiger partial charge on any atom is 0.0270 e. The molecule has 2 rings (SSSR count). The lowest BCUT2D eigenvalue weighted by Gasteiger charge is -2.33. The molecule has 1 aliphatic carbocycles. The summed E-state index contributed by atoms with van der Waals surface area (Å²) in [5.74, 6) is 1.54.